The van der Waals surface area contributed by atoms with Gasteiger partial charge in [0.25, 0.3) is 0 Å². The molecule has 2 rings (SSSR count). The summed E-state index contributed by atoms with van der Waals surface area (Å²) >= 11 is 0. The maximum atomic E-state index is 11.6. The van der Waals surface area contributed by atoms with Crippen molar-refractivity contribution in [1.82, 2.24) is 5.32 Å². The topological polar surface area (TPSA) is 47.6 Å². The van der Waals surface area contributed by atoms with Crippen LogP contribution in [0.4, 0.5) is 0 Å². The molecule has 0 bridgehead atoms. The van der Waals surface area contributed by atoms with E-state index in [9.17, 15) is 4.79 Å². The minimum Gasteiger partial charge on any atom is -0.492 e. The molecular formula is C17H19NO3. The molecule has 2 aromatic carbocycles. The second kappa shape index (κ2) is 8.07. The number of methoxy groups -OCH3 is 1. The summed E-state index contributed by atoms with van der Waals surface area (Å²) in [6, 6.07) is 17.1. The Labute approximate surface area is 124 Å². The van der Waals surface area contributed by atoms with Crippen molar-refractivity contribution in [1.29, 1.82) is 0 Å². The second-order valence-corrected chi connectivity index (χ2v) is 4.49. The predicted octanol–water partition coefficient (Wildman–Crippen LogP) is 2.64. The lowest BCUT2D eigenvalue weighted by Crippen LogP contribution is -2.22. The van der Waals surface area contributed by atoms with Gasteiger partial charge in [-0.3, -0.25) is 0 Å². The van der Waals surface area contributed by atoms with E-state index in [2.05, 4.69) is 5.32 Å². The van der Waals surface area contributed by atoms with Crippen molar-refractivity contribution in [2.24, 2.45) is 0 Å². The van der Waals surface area contributed by atoms with Crippen LogP contribution in [0.5, 0.6) is 5.75 Å². The largest absolute Gasteiger partial charge is 0.492 e. The van der Waals surface area contributed by atoms with Gasteiger partial charge in [-0.2, -0.15) is 0 Å². The van der Waals surface area contributed by atoms with Crippen LogP contribution in [-0.4, -0.2) is 26.2 Å². The van der Waals surface area contributed by atoms with Gasteiger partial charge in [-0.1, -0.05) is 36.4 Å². The summed E-state index contributed by atoms with van der Waals surface area (Å²) in [5.74, 6) is 0.544. The molecule has 0 aliphatic rings. The molecule has 2 aromatic rings. The molecule has 0 heterocycles. The maximum Gasteiger partial charge on any atom is 0.338 e. The van der Waals surface area contributed by atoms with Crippen LogP contribution in [0, 0.1) is 0 Å². The van der Waals surface area contributed by atoms with E-state index in [1.165, 1.54) is 7.11 Å². The van der Waals surface area contributed by atoms with E-state index in [0.717, 1.165) is 11.3 Å². The monoisotopic (exact) mass is 285 g/mol. The number of esters is 1. The second-order valence-electron chi connectivity index (χ2n) is 4.49. The number of rotatable bonds is 7. The van der Waals surface area contributed by atoms with Gasteiger partial charge in [-0.15, -0.1) is 0 Å². The molecule has 0 aliphatic carbocycles. The highest BCUT2D eigenvalue weighted by Crippen LogP contribution is 2.10. The maximum absolute atomic E-state index is 11.6. The summed E-state index contributed by atoms with van der Waals surface area (Å²) in [7, 11) is 1.39. The van der Waals surface area contributed by atoms with Gasteiger partial charge in [0.15, 0.2) is 0 Å². The minimum atomic E-state index is -0.312. The average Bonchev–Trinajstić information content (AvgIpc) is 2.55. The molecule has 110 valence electrons. The van der Waals surface area contributed by atoms with Crippen LogP contribution in [0.2, 0.25) is 0 Å². The molecule has 0 atom stereocenters. The van der Waals surface area contributed by atoms with E-state index < -0.39 is 0 Å². The predicted molar refractivity (Wildman–Crippen MR) is 81.4 cm³/mol. The van der Waals surface area contributed by atoms with Crippen molar-refractivity contribution in [3.8, 4) is 5.75 Å². The van der Waals surface area contributed by atoms with Crippen molar-refractivity contribution >= 4 is 5.97 Å². The quantitative estimate of drug-likeness (QED) is 0.627. The summed E-state index contributed by atoms with van der Waals surface area (Å²) in [6.07, 6.45) is 0. The lowest BCUT2D eigenvalue weighted by molar-refractivity contribution is 0.0599. The van der Waals surface area contributed by atoms with E-state index in [1.807, 2.05) is 48.5 Å². The van der Waals surface area contributed by atoms with Gasteiger partial charge in [0.05, 0.1) is 12.7 Å². The molecule has 21 heavy (non-hydrogen) atoms. The van der Waals surface area contributed by atoms with Crippen LogP contribution in [0.15, 0.2) is 54.6 Å². The Morgan fingerprint density at radius 3 is 2.52 bits per heavy atom. The highest BCUT2D eigenvalue weighted by atomic mass is 16.5. The zero-order valence-electron chi connectivity index (χ0n) is 12.0. The standard InChI is InChI=1S/C17H19NO3/c1-20-17(19)16-10-6-5-7-14(16)13-18-11-12-21-15-8-3-2-4-9-15/h2-10,18H,11-13H2,1H3. The van der Waals surface area contributed by atoms with Gasteiger partial charge >= 0.3 is 5.97 Å². The van der Waals surface area contributed by atoms with Crippen LogP contribution in [-0.2, 0) is 11.3 Å². The van der Waals surface area contributed by atoms with Gasteiger partial charge in [0, 0.05) is 13.1 Å². The minimum absolute atomic E-state index is 0.312. The first-order valence-corrected chi connectivity index (χ1v) is 6.86. The summed E-state index contributed by atoms with van der Waals surface area (Å²) in [5, 5.41) is 3.26. The van der Waals surface area contributed by atoms with E-state index in [4.69, 9.17) is 9.47 Å². The fourth-order valence-electron chi connectivity index (χ4n) is 1.96. The van der Waals surface area contributed by atoms with Gasteiger partial charge in [0.1, 0.15) is 12.4 Å². The first-order valence-electron chi connectivity index (χ1n) is 6.86. The molecular weight excluding hydrogens is 266 g/mol. The molecule has 0 radical (unpaired) electrons. The number of benzene rings is 2. The lowest BCUT2D eigenvalue weighted by Gasteiger charge is -2.10. The number of ether oxygens (including phenoxy) is 2. The van der Waals surface area contributed by atoms with Crippen molar-refractivity contribution < 1.29 is 14.3 Å². The highest BCUT2D eigenvalue weighted by Gasteiger charge is 2.09. The molecule has 0 aliphatic heterocycles. The molecule has 0 aromatic heterocycles. The zero-order chi connectivity index (χ0) is 14.9. The third-order valence-corrected chi connectivity index (χ3v) is 3.03. The first kappa shape index (κ1) is 15.1. The summed E-state index contributed by atoms with van der Waals surface area (Å²) in [6.45, 7) is 1.87. The Morgan fingerprint density at radius 1 is 1.05 bits per heavy atom. The van der Waals surface area contributed by atoms with Crippen LogP contribution in [0.3, 0.4) is 0 Å². The molecule has 1 N–H and O–H groups in total. The Kier molecular flexibility index (Phi) is 5.79. The fraction of sp³-hybridized carbons (Fsp3) is 0.235. The van der Waals surface area contributed by atoms with E-state index in [1.54, 1.807) is 6.07 Å². The number of para-hydroxylation sites is 1. The number of hydrogen-bond donors (Lipinski definition) is 1. The summed E-state index contributed by atoms with van der Waals surface area (Å²) in [4.78, 5) is 11.6. The smallest absolute Gasteiger partial charge is 0.338 e. The first-order chi connectivity index (χ1) is 10.3. The summed E-state index contributed by atoms with van der Waals surface area (Å²) < 4.78 is 10.4. The SMILES string of the molecule is COC(=O)c1ccccc1CNCCOc1ccccc1. The van der Waals surface area contributed by atoms with Gasteiger partial charge in [-0.25, -0.2) is 4.79 Å². The van der Waals surface area contributed by atoms with Crippen LogP contribution >= 0.6 is 0 Å². The Morgan fingerprint density at radius 2 is 1.76 bits per heavy atom. The van der Waals surface area contributed by atoms with Crippen molar-refractivity contribution in [3.63, 3.8) is 0 Å². The molecule has 0 saturated carbocycles. The molecule has 4 heteroatoms. The third-order valence-electron chi connectivity index (χ3n) is 3.03. The van der Waals surface area contributed by atoms with Crippen LogP contribution in [0.25, 0.3) is 0 Å². The zero-order valence-corrected chi connectivity index (χ0v) is 12.0. The Hall–Kier alpha value is -2.33. The third kappa shape index (κ3) is 4.61. The molecule has 0 amide bonds. The normalized spacial score (nSPS) is 10.1. The Balaban J connectivity index is 1.77. The average molecular weight is 285 g/mol. The fourth-order valence-corrected chi connectivity index (χ4v) is 1.96. The molecule has 0 saturated heterocycles. The number of carbonyl (C=O) groups is 1. The van der Waals surface area contributed by atoms with Gasteiger partial charge in [0.2, 0.25) is 0 Å². The van der Waals surface area contributed by atoms with E-state index in [-0.39, 0.29) is 5.97 Å². The van der Waals surface area contributed by atoms with Crippen LogP contribution < -0.4 is 10.1 Å². The van der Waals surface area contributed by atoms with Crippen LogP contribution in [0.1, 0.15) is 15.9 Å². The van der Waals surface area contributed by atoms with E-state index in [0.29, 0.717) is 25.3 Å². The Bertz CT molecular complexity index is 569. The summed E-state index contributed by atoms with van der Waals surface area (Å²) in [5.41, 5.74) is 1.51. The number of hydrogen-bond acceptors (Lipinski definition) is 4. The lowest BCUT2D eigenvalue weighted by atomic mass is 10.1. The molecule has 0 spiro atoms. The number of nitrogens with one attached hydrogen (secondary N) is 1. The van der Waals surface area contributed by atoms with Gasteiger partial charge in [-0.05, 0) is 23.8 Å². The van der Waals surface area contributed by atoms with Gasteiger partial charge < -0.3 is 14.8 Å². The van der Waals surface area contributed by atoms with Crippen molar-refractivity contribution in [3.05, 3.63) is 65.7 Å². The van der Waals surface area contributed by atoms with Crippen molar-refractivity contribution in [2.45, 2.75) is 6.54 Å². The molecule has 0 fully saturated rings. The highest BCUT2D eigenvalue weighted by molar-refractivity contribution is 5.90. The van der Waals surface area contributed by atoms with Crippen molar-refractivity contribution in [2.75, 3.05) is 20.3 Å². The number of carbonyl (C=O) groups excluding carboxylic acids is 1. The molecule has 0 unspecified atom stereocenters. The molecule has 4 nitrogen and oxygen atoms in total. The van der Waals surface area contributed by atoms with E-state index >= 15 is 0 Å².